The zero-order valence-corrected chi connectivity index (χ0v) is 13.7. The number of ketones is 1. The highest BCUT2D eigenvalue weighted by atomic mass is 16.5. The summed E-state index contributed by atoms with van der Waals surface area (Å²) in [6, 6.07) is 17.0. The Morgan fingerprint density at radius 3 is 2.50 bits per heavy atom. The van der Waals surface area contributed by atoms with Crippen LogP contribution in [0.15, 0.2) is 54.6 Å². The van der Waals surface area contributed by atoms with Gasteiger partial charge < -0.3 is 9.30 Å². The van der Waals surface area contributed by atoms with Crippen LogP contribution < -0.4 is 0 Å². The molecule has 0 N–H and O–H groups in total. The van der Waals surface area contributed by atoms with E-state index < -0.39 is 0 Å². The standard InChI is InChI=1S/C20H19NO3/c1-14(12-24-13-22)21-15(2)19(17-10-6-7-11-18(17)21)20(23)16-8-4-3-5-9-16/h3-11,13-14H,12H2,1-2H3. The van der Waals surface area contributed by atoms with E-state index in [1.54, 1.807) is 0 Å². The van der Waals surface area contributed by atoms with Crippen molar-refractivity contribution in [3.05, 3.63) is 71.4 Å². The van der Waals surface area contributed by atoms with E-state index in [0.717, 1.165) is 16.6 Å². The highest BCUT2D eigenvalue weighted by Crippen LogP contribution is 2.30. The predicted octanol–water partition coefficient (Wildman–Crippen LogP) is 3.91. The van der Waals surface area contributed by atoms with E-state index in [0.29, 0.717) is 17.6 Å². The second-order valence-corrected chi connectivity index (χ2v) is 5.82. The van der Waals surface area contributed by atoms with Gasteiger partial charge >= 0.3 is 0 Å². The van der Waals surface area contributed by atoms with Crippen LogP contribution in [0.2, 0.25) is 0 Å². The molecule has 0 fully saturated rings. The highest BCUT2D eigenvalue weighted by molar-refractivity contribution is 6.17. The normalized spacial score (nSPS) is 12.1. The molecule has 0 amide bonds. The molecule has 1 atom stereocenters. The molecule has 0 aliphatic heterocycles. The molecule has 3 aromatic rings. The number of aromatic nitrogens is 1. The quantitative estimate of drug-likeness (QED) is 0.511. The third-order valence-electron chi connectivity index (χ3n) is 4.27. The lowest BCUT2D eigenvalue weighted by atomic mass is 10.0. The van der Waals surface area contributed by atoms with Crippen LogP contribution in [0.4, 0.5) is 0 Å². The minimum absolute atomic E-state index is 0.00607. The van der Waals surface area contributed by atoms with E-state index in [1.165, 1.54) is 0 Å². The fraction of sp³-hybridized carbons (Fsp3) is 0.200. The third kappa shape index (κ3) is 2.71. The van der Waals surface area contributed by atoms with Crippen LogP contribution in [-0.2, 0) is 9.53 Å². The Hall–Kier alpha value is -2.88. The van der Waals surface area contributed by atoms with Gasteiger partial charge in [0.1, 0.15) is 6.61 Å². The maximum Gasteiger partial charge on any atom is 0.293 e. The Morgan fingerprint density at radius 1 is 1.12 bits per heavy atom. The summed E-state index contributed by atoms with van der Waals surface area (Å²) in [7, 11) is 0. The monoisotopic (exact) mass is 321 g/mol. The molecular weight excluding hydrogens is 302 g/mol. The molecule has 3 rings (SSSR count). The minimum atomic E-state index is -0.0579. The van der Waals surface area contributed by atoms with Gasteiger partial charge in [-0.1, -0.05) is 48.5 Å². The van der Waals surface area contributed by atoms with Crippen molar-refractivity contribution in [2.45, 2.75) is 19.9 Å². The second-order valence-electron chi connectivity index (χ2n) is 5.82. The summed E-state index contributed by atoms with van der Waals surface area (Å²) in [6.07, 6.45) is 0. The van der Waals surface area contributed by atoms with E-state index in [9.17, 15) is 9.59 Å². The number of para-hydroxylation sites is 1. The maximum atomic E-state index is 13.0. The van der Waals surface area contributed by atoms with Crippen molar-refractivity contribution in [1.82, 2.24) is 4.57 Å². The fourth-order valence-electron chi connectivity index (χ4n) is 3.23. The van der Waals surface area contributed by atoms with Crippen molar-refractivity contribution in [3.63, 3.8) is 0 Å². The molecule has 1 heterocycles. The van der Waals surface area contributed by atoms with E-state index >= 15 is 0 Å². The Kier molecular flexibility index (Phi) is 4.47. The SMILES string of the molecule is Cc1c(C(=O)c2ccccc2)c2ccccc2n1C(C)COC=O. The summed E-state index contributed by atoms with van der Waals surface area (Å²) in [5.74, 6) is 0.00607. The number of hydrogen-bond donors (Lipinski definition) is 0. The van der Waals surface area contributed by atoms with Gasteiger partial charge in [-0.2, -0.15) is 0 Å². The lowest BCUT2D eigenvalue weighted by Gasteiger charge is -2.16. The molecule has 2 aromatic carbocycles. The average molecular weight is 321 g/mol. The molecule has 0 bridgehead atoms. The first-order valence-electron chi connectivity index (χ1n) is 7.89. The van der Waals surface area contributed by atoms with Crippen molar-refractivity contribution >= 4 is 23.2 Å². The Morgan fingerprint density at radius 2 is 1.79 bits per heavy atom. The number of benzene rings is 2. The maximum absolute atomic E-state index is 13.0. The Balaban J connectivity index is 2.17. The number of rotatable bonds is 6. The van der Waals surface area contributed by atoms with Gasteiger partial charge in [0.15, 0.2) is 5.78 Å². The predicted molar refractivity (Wildman–Crippen MR) is 93.3 cm³/mol. The summed E-state index contributed by atoms with van der Waals surface area (Å²) in [5, 5.41) is 0.918. The van der Waals surface area contributed by atoms with Crippen LogP contribution in [0.25, 0.3) is 10.9 Å². The summed E-state index contributed by atoms with van der Waals surface area (Å²) < 4.78 is 6.99. The molecule has 4 nitrogen and oxygen atoms in total. The molecule has 4 heteroatoms. The van der Waals surface area contributed by atoms with Crippen molar-refractivity contribution in [1.29, 1.82) is 0 Å². The zero-order valence-electron chi connectivity index (χ0n) is 13.7. The summed E-state index contributed by atoms with van der Waals surface area (Å²) in [4.78, 5) is 23.5. The highest BCUT2D eigenvalue weighted by Gasteiger charge is 2.23. The van der Waals surface area contributed by atoms with Gasteiger partial charge in [0.05, 0.1) is 11.6 Å². The summed E-state index contributed by atoms with van der Waals surface area (Å²) >= 11 is 0. The molecule has 0 saturated heterocycles. The van der Waals surface area contributed by atoms with Gasteiger partial charge in [-0.05, 0) is 19.9 Å². The number of hydrogen-bond acceptors (Lipinski definition) is 3. The van der Waals surface area contributed by atoms with Crippen molar-refractivity contribution < 1.29 is 14.3 Å². The van der Waals surface area contributed by atoms with E-state index in [4.69, 9.17) is 4.74 Å². The second kappa shape index (κ2) is 6.71. The average Bonchev–Trinajstić information content (AvgIpc) is 2.91. The molecule has 24 heavy (non-hydrogen) atoms. The third-order valence-corrected chi connectivity index (χ3v) is 4.27. The topological polar surface area (TPSA) is 48.3 Å². The Labute approximate surface area is 140 Å². The molecule has 1 aromatic heterocycles. The van der Waals surface area contributed by atoms with Crippen LogP contribution in [-0.4, -0.2) is 23.4 Å². The van der Waals surface area contributed by atoms with Gasteiger partial charge in [-0.3, -0.25) is 9.59 Å². The van der Waals surface area contributed by atoms with Crippen LogP contribution in [0, 0.1) is 6.92 Å². The van der Waals surface area contributed by atoms with Crippen molar-refractivity contribution in [2.75, 3.05) is 6.61 Å². The summed E-state index contributed by atoms with van der Waals surface area (Å²) in [5.41, 5.74) is 3.22. The molecule has 0 aliphatic rings. The van der Waals surface area contributed by atoms with Crippen molar-refractivity contribution in [2.24, 2.45) is 0 Å². The Bertz CT molecular complexity index is 881. The molecule has 0 aliphatic carbocycles. The van der Waals surface area contributed by atoms with Gasteiger partial charge in [-0.25, -0.2) is 0 Å². The number of carbonyl (C=O) groups is 2. The first kappa shape index (κ1) is 16.0. The lowest BCUT2D eigenvalue weighted by molar-refractivity contribution is -0.129. The van der Waals surface area contributed by atoms with Crippen LogP contribution in [0.3, 0.4) is 0 Å². The number of carbonyl (C=O) groups excluding carboxylic acids is 2. The smallest absolute Gasteiger partial charge is 0.293 e. The van der Waals surface area contributed by atoms with Gasteiger partial charge in [0, 0.05) is 22.2 Å². The fourth-order valence-corrected chi connectivity index (χ4v) is 3.23. The summed E-state index contributed by atoms with van der Waals surface area (Å²) in [6.45, 7) is 4.63. The van der Waals surface area contributed by atoms with Gasteiger partial charge in [0.25, 0.3) is 6.47 Å². The number of fused-ring (bicyclic) bond motifs is 1. The largest absolute Gasteiger partial charge is 0.466 e. The van der Waals surface area contributed by atoms with E-state index in [1.807, 2.05) is 68.4 Å². The number of ether oxygens (including phenoxy) is 1. The van der Waals surface area contributed by atoms with Gasteiger partial charge in [0.2, 0.25) is 0 Å². The molecule has 0 saturated carbocycles. The van der Waals surface area contributed by atoms with E-state index in [2.05, 4.69) is 4.57 Å². The molecule has 0 spiro atoms. The molecule has 0 radical (unpaired) electrons. The van der Waals surface area contributed by atoms with Crippen LogP contribution in [0.5, 0.6) is 0 Å². The minimum Gasteiger partial charge on any atom is -0.466 e. The zero-order chi connectivity index (χ0) is 17.1. The van der Waals surface area contributed by atoms with Gasteiger partial charge in [-0.15, -0.1) is 0 Å². The first-order valence-corrected chi connectivity index (χ1v) is 7.89. The molecule has 1 unspecified atom stereocenters. The van der Waals surface area contributed by atoms with E-state index in [-0.39, 0.29) is 18.4 Å². The van der Waals surface area contributed by atoms with Crippen LogP contribution in [0.1, 0.15) is 34.6 Å². The van der Waals surface area contributed by atoms with Crippen LogP contribution >= 0.6 is 0 Å². The molecule has 122 valence electrons. The number of nitrogens with zero attached hydrogens (tertiary/aromatic N) is 1. The molecular formula is C20H19NO3. The van der Waals surface area contributed by atoms with Crippen molar-refractivity contribution in [3.8, 4) is 0 Å². The lowest BCUT2D eigenvalue weighted by Crippen LogP contribution is -2.14. The first-order chi connectivity index (χ1) is 11.6.